The number of carbonyl (C=O) groups is 2. The van der Waals surface area contributed by atoms with Gasteiger partial charge in [0.2, 0.25) is 5.91 Å². The predicted molar refractivity (Wildman–Crippen MR) is 101 cm³/mol. The van der Waals surface area contributed by atoms with Gasteiger partial charge >= 0.3 is 0 Å². The molecule has 0 aliphatic carbocycles. The summed E-state index contributed by atoms with van der Waals surface area (Å²) in [7, 11) is 0. The maximum Gasteiger partial charge on any atom is 0.283 e. The van der Waals surface area contributed by atoms with Gasteiger partial charge < -0.3 is 9.80 Å². The smallest absolute Gasteiger partial charge is 0.283 e. The Morgan fingerprint density at radius 1 is 1.19 bits per heavy atom. The molecule has 0 radical (unpaired) electrons. The zero-order chi connectivity index (χ0) is 19.3. The largest absolute Gasteiger partial charge is 0.339 e. The van der Waals surface area contributed by atoms with Gasteiger partial charge in [0.15, 0.2) is 0 Å². The first-order valence-corrected chi connectivity index (χ1v) is 9.74. The minimum Gasteiger partial charge on any atom is -0.339 e. The Balaban J connectivity index is 2.09. The van der Waals surface area contributed by atoms with Gasteiger partial charge in [0, 0.05) is 44.7 Å². The van der Waals surface area contributed by atoms with Crippen molar-refractivity contribution in [3.8, 4) is 0 Å². The number of carbonyl (C=O) groups excluding carboxylic acids is 2. The van der Waals surface area contributed by atoms with Gasteiger partial charge in [-0.15, -0.1) is 11.8 Å². The van der Waals surface area contributed by atoms with Crippen molar-refractivity contribution in [2.24, 2.45) is 5.92 Å². The van der Waals surface area contributed by atoms with Crippen LogP contribution in [-0.4, -0.2) is 58.5 Å². The maximum atomic E-state index is 12.7. The molecule has 8 heteroatoms. The summed E-state index contributed by atoms with van der Waals surface area (Å²) in [6.45, 7) is 7.61. The van der Waals surface area contributed by atoms with E-state index < -0.39 is 4.92 Å². The average molecular weight is 379 g/mol. The lowest BCUT2D eigenvalue weighted by molar-refractivity contribution is -0.387. The van der Waals surface area contributed by atoms with Gasteiger partial charge in [-0.3, -0.25) is 19.7 Å². The van der Waals surface area contributed by atoms with E-state index in [0.717, 1.165) is 12.2 Å². The van der Waals surface area contributed by atoms with Crippen molar-refractivity contribution in [3.63, 3.8) is 0 Å². The second-order valence-corrected chi connectivity index (χ2v) is 7.91. The van der Waals surface area contributed by atoms with Gasteiger partial charge in [-0.1, -0.05) is 13.8 Å². The van der Waals surface area contributed by atoms with Crippen molar-refractivity contribution in [2.45, 2.75) is 32.1 Å². The summed E-state index contributed by atoms with van der Waals surface area (Å²) in [4.78, 5) is 38.9. The van der Waals surface area contributed by atoms with Crippen LogP contribution in [0, 0.1) is 16.0 Å². The Kier molecular flexibility index (Phi) is 7.02. The van der Waals surface area contributed by atoms with Crippen LogP contribution in [-0.2, 0) is 4.79 Å². The van der Waals surface area contributed by atoms with Crippen LogP contribution >= 0.6 is 11.8 Å². The summed E-state index contributed by atoms with van der Waals surface area (Å²) in [6.07, 6.45) is 0.975. The third-order valence-electron chi connectivity index (χ3n) is 4.37. The van der Waals surface area contributed by atoms with E-state index in [1.165, 1.54) is 24.8 Å². The van der Waals surface area contributed by atoms with Crippen LogP contribution in [0.5, 0.6) is 0 Å². The molecule has 1 aromatic carbocycles. The fourth-order valence-electron chi connectivity index (χ4n) is 2.73. The van der Waals surface area contributed by atoms with Crippen molar-refractivity contribution in [2.75, 3.05) is 31.9 Å². The van der Waals surface area contributed by atoms with E-state index >= 15 is 0 Å². The van der Waals surface area contributed by atoms with Gasteiger partial charge in [0.05, 0.1) is 9.82 Å². The number of amides is 2. The summed E-state index contributed by atoms with van der Waals surface area (Å²) in [6, 6.07) is 4.70. The number of hydrogen-bond acceptors (Lipinski definition) is 5. The molecule has 7 nitrogen and oxygen atoms in total. The van der Waals surface area contributed by atoms with E-state index in [1.54, 1.807) is 21.9 Å². The molecule has 0 bridgehead atoms. The quantitative estimate of drug-likeness (QED) is 0.431. The highest BCUT2D eigenvalue weighted by atomic mass is 32.2. The molecular formula is C18H25N3O4S. The van der Waals surface area contributed by atoms with Crippen LogP contribution < -0.4 is 0 Å². The Morgan fingerprint density at radius 3 is 2.35 bits per heavy atom. The van der Waals surface area contributed by atoms with E-state index in [-0.39, 0.29) is 17.5 Å². The molecule has 1 fully saturated rings. The minimum atomic E-state index is -0.428. The number of piperazine rings is 1. The number of benzene rings is 1. The molecule has 0 aromatic heterocycles. The van der Waals surface area contributed by atoms with Crippen molar-refractivity contribution in [3.05, 3.63) is 33.9 Å². The lowest BCUT2D eigenvalue weighted by Gasteiger charge is -2.34. The van der Waals surface area contributed by atoms with Crippen LogP contribution in [0.25, 0.3) is 0 Å². The van der Waals surface area contributed by atoms with Crippen LogP contribution in [0.1, 0.15) is 37.6 Å². The molecule has 0 N–H and O–H groups in total. The fourth-order valence-corrected chi connectivity index (χ4v) is 3.98. The molecule has 1 aliphatic rings. The number of nitrogens with zero attached hydrogens (tertiary/aromatic N) is 3. The molecule has 1 saturated heterocycles. The zero-order valence-corrected chi connectivity index (χ0v) is 16.3. The third kappa shape index (κ3) is 5.20. The van der Waals surface area contributed by atoms with Crippen LogP contribution in [0.15, 0.2) is 23.1 Å². The topological polar surface area (TPSA) is 83.8 Å². The van der Waals surface area contributed by atoms with Crippen molar-refractivity contribution < 1.29 is 14.5 Å². The lowest BCUT2D eigenvalue weighted by Crippen LogP contribution is -2.50. The number of thioether (sulfide) groups is 1. The highest BCUT2D eigenvalue weighted by Gasteiger charge is 2.25. The standard InChI is InChI=1S/C18H25N3O4S/c1-13(2)6-11-26-17-5-4-15(12-16(17)21(24)25)18(23)20-9-7-19(8-10-20)14(3)22/h4-5,12-13H,6-11H2,1-3H3. The number of nitro groups is 1. The van der Waals surface area contributed by atoms with Gasteiger partial charge in [-0.05, 0) is 30.2 Å². The van der Waals surface area contributed by atoms with E-state index in [2.05, 4.69) is 13.8 Å². The van der Waals surface area contributed by atoms with Gasteiger partial charge in [0.25, 0.3) is 11.6 Å². The van der Waals surface area contributed by atoms with E-state index in [9.17, 15) is 19.7 Å². The van der Waals surface area contributed by atoms with Gasteiger partial charge in [-0.25, -0.2) is 0 Å². The second kappa shape index (κ2) is 9.02. The third-order valence-corrected chi connectivity index (χ3v) is 5.46. The summed E-state index contributed by atoms with van der Waals surface area (Å²) >= 11 is 1.45. The fraction of sp³-hybridized carbons (Fsp3) is 0.556. The van der Waals surface area contributed by atoms with E-state index in [1.807, 2.05) is 0 Å². The molecule has 0 spiro atoms. The van der Waals surface area contributed by atoms with Crippen LogP contribution in [0.2, 0.25) is 0 Å². The highest BCUT2D eigenvalue weighted by molar-refractivity contribution is 7.99. The van der Waals surface area contributed by atoms with Crippen molar-refractivity contribution in [1.82, 2.24) is 9.80 Å². The molecule has 26 heavy (non-hydrogen) atoms. The Labute approximate surface area is 157 Å². The SMILES string of the molecule is CC(=O)N1CCN(C(=O)c2ccc(SCCC(C)C)c([N+](=O)[O-])c2)CC1. The first-order chi connectivity index (χ1) is 12.3. The zero-order valence-electron chi connectivity index (χ0n) is 15.4. The lowest BCUT2D eigenvalue weighted by atomic mass is 10.1. The highest BCUT2D eigenvalue weighted by Crippen LogP contribution is 2.31. The molecule has 1 aromatic rings. The Hall–Kier alpha value is -2.09. The first-order valence-electron chi connectivity index (χ1n) is 8.75. The Morgan fingerprint density at radius 2 is 1.81 bits per heavy atom. The van der Waals surface area contributed by atoms with Gasteiger partial charge in [-0.2, -0.15) is 0 Å². The average Bonchev–Trinajstić information content (AvgIpc) is 2.61. The van der Waals surface area contributed by atoms with Gasteiger partial charge in [0.1, 0.15) is 0 Å². The Bertz CT molecular complexity index is 685. The normalized spacial score (nSPS) is 14.6. The maximum absolute atomic E-state index is 12.7. The first kappa shape index (κ1) is 20.2. The predicted octanol–water partition coefficient (Wildman–Crippen LogP) is 3.04. The summed E-state index contributed by atoms with van der Waals surface area (Å²) in [5.41, 5.74) is 0.299. The molecule has 2 rings (SSSR count). The number of rotatable bonds is 6. The van der Waals surface area contributed by atoms with Crippen LogP contribution in [0.4, 0.5) is 5.69 Å². The summed E-state index contributed by atoms with van der Waals surface area (Å²) in [5.74, 6) is 1.11. The second-order valence-electron chi connectivity index (χ2n) is 6.77. The minimum absolute atomic E-state index is 0.00416. The van der Waals surface area contributed by atoms with Crippen molar-refractivity contribution >= 4 is 29.3 Å². The van der Waals surface area contributed by atoms with E-state index in [4.69, 9.17) is 0 Å². The molecule has 0 atom stereocenters. The molecule has 0 unspecified atom stereocenters. The number of nitro benzene ring substituents is 1. The van der Waals surface area contributed by atoms with Crippen LogP contribution in [0.3, 0.4) is 0 Å². The molecule has 142 valence electrons. The molecule has 0 saturated carbocycles. The number of hydrogen-bond donors (Lipinski definition) is 0. The summed E-state index contributed by atoms with van der Waals surface area (Å²) in [5, 5.41) is 11.4. The molecule has 1 heterocycles. The van der Waals surface area contributed by atoms with Crippen molar-refractivity contribution in [1.29, 1.82) is 0 Å². The monoisotopic (exact) mass is 379 g/mol. The molecule has 1 aliphatic heterocycles. The molecular weight excluding hydrogens is 354 g/mol. The molecule has 2 amide bonds. The summed E-state index contributed by atoms with van der Waals surface area (Å²) < 4.78 is 0. The van der Waals surface area contributed by atoms with E-state index in [0.29, 0.717) is 42.6 Å².